The van der Waals surface area contributed by atoms with Gasteiger partial charge in [-0.2, -0.15) is 0 Å². The molecule has 3 aromatic rings. The fraction of sp³-hybridized carbons (Fsp3) is 0.321. The predicted molar refractivity (Wildman–Crippen MR) is 129 cm³/mol. The Balaban J connectivity index is 1.94. The van der Waals surface area contributed by atoms with Gasteiger partial charge in [0, 0.05) is 30.9 Å². The number of nitrogens with zero attached hydrogens (tertiary/aromatic N) is 2. The fourth-order valence-electron chi connectivity index (χ4n) is 4.23. The summed E-state index contributed by atoms with van der Waals surface area (Å²) in [6.07, 6.45) is 4.03. The van der Waals surface area contributed by atoms with Crippen molar-refractivity contribution in [3.8, 4) is 11.3 Å². The van der Waals surface area contributed by atoms with Gasteiger partial charge in [-0.25, -0.2) is 0 Å². The van der Waals surface area contributed by atoms with Crippen molar-refractivity contribution in [1.82, 2.24) is 9.88 Å². The minimum atomic E-state index is 0.855. The van der Waals surface area contributed by atoms with Crippen LogP contribution in [0.4, 0.5) is 0 Å². The summed E-state index contributed by atoms with van der Waals surface area (Å²) in [4.78, 5) is 7.52. The van der Waals surface area contributed by atoms with Gasteiger partial charge < -0.3 is 0 Å². The molecule has 0 fully saturated rings. The van der Waals surface area contributed by atoms with Crippen molar-refractivity contribution in [1.29, 1.82) is 0 Å². The smallest absolute Gasteiger partial charge is 0.0713 e. The Morgan fingerprint density at radius 3 is 2.13 bits per heavy atom. The minimum Gasteiger partial charge on any atom is -0.291 e. The Kier molecular flexibility index (Phi) is 7.59. The van der Waals surface area contributed by atoms with E-state index in [1.807, 2.05) is 6.08 Å². The third-order valence-electron chi connectivity index (χ3n) is 5.83. The largest absolute Gasteiger partial charge is 0.291 e. The number of rotatable bonds is 9. The molecule has 0 N–H and O–H groups in total. The summed E-state index contributed by atoms with van der Waals surface area (Å²) in [5, 5.41) is 0. The molecule has 0 unspecified atom stereocenters. The van der Waals surface area contributed by atoms with Gasteiger partial charge in [0.1, 0.15) is 0 Å². The number of aryl methyl sites for hydroxylation is 4. The van der Waals surface area contributed by atoms with Crippen LogP contribution in [0.5, 0.6) is 0 Å². The van der Waals surface area contributed by atoms with E-state index in [1.54, 1.807) is 0 Å². The summed E-state index contributed by atoms with van der Waals surface area (Å²) < 4.78 is 0. The lowest BCUT2D eigenvalue weighted by Gasteiger charge is -2.24. The summed E-state index contributed by atoms with van der Waals surface area (Å²) in [5.41, 5.74) is 10.3. The molecule has 0 atom stereocenters. The van der Waals surface area contributed by atoms with E-state index in [0.29, 0.717) is 0 Å². The maximum absolute atomic E-state index is 5.09. The molecular formula is C28H34N2. The molecule has 30 heavy (non-hydrogen) atoms. The second kappa shape index (κ2) is 10.4. The first kappa shape index (κ1) is 22.0. The quantitative estimate of drug-likeness (QED) is 0.374. The van der Waals surface area contributed by atoms with Crippen LogP contribution in [-0.4, -0.2) is 16.4 Å². The molecule has 3 rings (SSSR count). The molecule has 0 aliphatic carbocycles. The lowest BCUT2D eigenvalue weighted by atomic mass is 9.93. The molecule has 1 heterocycles. The standard InChI is InChI=1S/C28H34N2/c1-6-17-30(19-23-13-10-9-11-14-23)20-26-21(4)18-27(29-22(26)5)28-24(7-2)15-12-16-25(28)8-3/h6,9-16,18H,1,7-8,17,19-20H2,2-5H3. The second-order valence-corrected chi connectivity index (χ2v) is 7.99. The Labute approximate surface area is 182 Å². The molecule has 0 aliphatic rings. The van der Waals surface area contributed by atoms with E-state index in [-0.39, 0.29) is 0 Å². The average Bonchev–Trinajstić information content (AvgIpc) is 2.76. The zero-order valence-corrected chi connectivity index (χ0v) is 18.9. The van der Waals surface area contributed by atoms with Crippen molar-refractivity contribution in [3.63, 3.8) is 0 Å². The zero-order valence-electron chi connectivity index (χ0n) is 18.9. The number of hydrogen-bond donors (Lipinski definition) is 0. The Morgan fingerprint density at radius 2 is 1.57 bits per heavy atom. The van der Waals surface area contributed by atoms with Gasteiger partial charge in [0.25, 0.3) is 0 Å². The van der Waals surface area contributed by atoms with E-state index in [0.717, 1.165) is 43.9 Å². The third kappa shape index (κ3) is 5.06. The van der Waals surface area contributed by atoms with Gasteiger partial charge in [0.05, 0.1) is 5.69 Å². The number of hydrogen-bond acceptors (Lipinski definition) is 2. The van der Waals surface area contributed by atoms with E-state index in [9.17, 15) is 0 Å². The average molecular weight is 399 g/mol. The third-order valence-corrected chi connectivity index (χ3v) is 5.83. The SMILES string of the molecule is C=CCN(Cc1ccccc1)Cc1c(C)cc(-c2c(CC)cccc2CC)nc1C. The first-order valence-corrected chi connectivity index (χ1v) is 11.0. The lowest BCUT2D eigenvalue weighted by Crippen LogP contribution is -2.24. The van der Waals surface area contributed by atoms with Crippen molar-refractivity contribution in [2.45, 2.75) is 53.6 Å². The van der Waals surface area contributed by atoms with Crippen LogP contribution in [0.25, 0.3) is 11.3 Å². The van der Waals surface area contributed by atoms with Crippen molar-refractivity contribution in [2.24, 2.45) is 0 Å². The minimum absolute atomic E-state index is 0.855. The van der Waals surface area contributed by atoms with Crippen molar-refractivity contribution >= 4 is 0 Å². The normalized spacial score (nSPS) is 11.1. The van der Waals surface area contributed by atoms with E-state index >= 15 is 0 Å². The highest BCUT2D eigenvalue weighted by molar-refractivity contribution is 5.69. The molecule has 1 aromatic heterocycles. The number of benzene rings is 2. The maximum atomic E-state index is 5.09. The van der Waals surface area contributed by atoms with E-state index in [1.165, 1.54) is 33.4 Å². The molecule has 2 heteroatoms. The topological polar surface area (TPSA) is 16.1 Å². The molecule has 0 spiro atoms. The molecule has 0 saturated carbocycles. The predicted octanol–water partition coefficient (Wildman–Crippen LogP) is 6.68. The molecule has 2 nitrogen and oxygen atoms in total. The highest BCUT2D eigenvalue weighted by Gasteiger charge is 2.15. The monoisotopic (exact) mass is 398 g/mol. The van der Waals surface area contributed by atoms with Crippen LogP contribution >= 0.6 is 0 Å². The summed E-state index contributed by atoms with van der Waals surface area (Å²) in [5.74, 6) is 0. The zero-order chi connectivity index (χ0) is 21.5. The van der Waals surface area contributed by atoms with Crippen LogP contribution < -0.4 is 0 Å². The second-order valence-electron chi connectivity index (χ2n) is 7.99. The molecule has 0 bridgehead atoms. The highest BCUT2D eigenvalue weighted by atomic mass is 15.1. The van der Waals surface area contributed by atoms with Crippen LogP contribution in [0.3, 0.4) is 0 Å². The summed E-state index contributed by atoms with van der Waals surface area (Å²) in [6.45, 7) is 15.4. The molecule has 156 valence electrons. The first-order valence-electron chi connectivity index (χ1n) is 11.0. The van der Waals surface area contributed by atoms with Crippen LogP contribution in [-0.2, 0) is 25.9 Å². The van der Waals surface area contributed by atoms with Crippen LogP contribution in [0.1, 0.15) is 47.4 Å². The Hall–Kier alpha value is -2.71. The molecule has 0 saturated heterocycles. The van der Waals surface area contributed by atoms with Gasteiger partial charge in [-0.1, -0.05) is 68.5 Å². The number of aromatic nitrogens is 1. The first-order chi connectivity index (χ1) is 14.6. The van der Waals surface area contributed by atoms with Crippen molar-refractivity contribution in [2.75, 3.05) is 6.54 Å². The lowest BCUT2D eigenvalue weighted by molar-refractivity contribution is 0.284. The van der Waals surface area contributed by atoms with Crippen LogP contribution in [0.2, 0.25) is 0 Å². The molecule has 2 aromatic carbocycles. The van der Waals surface area contributed by atoms with Gasteiger partial charge in [-0.3, -0.25) is 9.88 Å². The van der Waals surface area contributed by atoms with Crippen LogP contribution in [0, 0.1) is 13.8 Å². The molecule has 0 radical (unpaired) electrons. The summed E-state index contributed by atoms with van der Waals surface area (Å²) in [7, 11) is 0. The maximum Gasteiger partial charge on any atom is 0.0713 e. The fourth-order valence-corrected chi connectivity index (χ4v) is 4.23. The van der Waals surface area contributed by atoms with E-state index in [2.05, 4.69) is 93.8 Å². The molecule has 0 aliphatic heterocycles. The van der Waals surface area contributed by atoms with Crippen LogP contribution in [0.15, 0.2) is 67.3 Å². The van der Waals surface area contributed by atoms with Gasteiger partial charge in [0.15, 0.2) is 0 Å². The highest BCUT2D eigenvalue weighted by Crippen LogP contribution is 2.30. The molecule has 0 amide bonds. The van der Waals surface area contributed by atoms with E-state index in [4.69, 9.17) is 4.98 Å². The van der Waals surface area contributed by atoms with Gasteiger partial charge in [0.2, 0.25) is 0 Å². The summed E-state index contributed by atoms with van der Waals surface area (Å²) in [6, 6.07) is 19.6. The van der Waals surface area contributed by atoms with Gasteiger partial charge in [-0.15, -0.1) is 6.58 Å². The van der Waals surface area contributed by atoms with Crippen molar-refractivity contribution in [3.05, 3.63) is 101 Å². The number of pyridine rings is 1. The van der Waals surface area contributed by atoms with Gasteiger partial charge in [-0.05, 0) is 60.6 Å². The molecular weight excluding hydrogens is 364 g/mol. The Bertz CT molecular complexity index is 944. The Morgan fingerprint density at radius 1 is 0.900 bits per heavy atom. The van der Waals surface area contributed by atoms with E-state index < -0.39 is 0 Å². The van der Waals surface area contributed by atoms with Crippen molar-refractivity contribution < 1.29 is 0 Å². The summed E-state index contributed by atoms with van der Waals surface area (Å²) >= 11 is 0. The van der Waals surface area contributed by atoms with Gasteiger partial charge >= 0.3 is 0 Å².